The Balaban J connectivity index is 1.44. The van der Waals surface area contributed by atoms with E-state index in [1.165, 1.54) is 0 Å². The van der Waals surface area contributed by atoms with E-state index in [0.29, 0.717) is 36.1 Å². The first-order valence-electron chi connectivity index (χ1n) is 8.55. The molecule has 6 nitrogen and oxygen atoms in total. The predicted octanol–water partition coefficient (Wildman–Crippen LogP) is 1.75. The zero-order valence-electron chi connectivity index (χ0n) is 13.5. The molecule has 3 atom stereocenters. The Bertz CT molecular complexity index is 624. The number of carbonyl (C=O) groups excluding carboxylic acids is 1. The molecule has 1 aromatic heterocycles. The van der Waals surface area contributed by atoms with Gasteiger partial charge in [0.05, 0.1) is 13.2 Å². The summed E-state index contributed by atoms with van der Waals surface area (Å²) in [5.41, 5.74) is 1.01. The van der Waals surface area contributed by atoms with Crippen LogP contribution >= 0.6 is 0 Å². The maximum Gasteiger partial charge on any atom is 0.249 e. The van der Waals surface area contributed by atoms with Crippen molar-refractivity contribution < 1.29 is 13.9 Å². The van der Waals surface area contributed by atoms with Gasteiger partial charge < -0.3 is 14.1 Å². The van der Waals surface area contributed by atoms with Crippen molar-refractivity contribution in [1.29, 1.82) is 0 Å². The Morgan fingerprint density at radius 3 is 3.00 bits per heavy atom. The molecule has 0 spiro atoms. The number of aromatic nitrogens is 2. The van der Waals surface area contributed by atoms with Crippen LogP contribution in [0.4, 0.5) is 0 Å². The molecule has 2 saturated heterocycles. The number of allylic oxidation sites excluding steroid dienone is 1. The molecule has 2 fully saturated rings. The van der Waals surface area contributed by atoms with E-state index in [-0.39, 0.29) is 5.91 Å². The van der Waals surface area contributed by atoms with Gasteiger partial charge >= 0.3 is 0 Å². The molecular formula is C17H23N3O3. The van der Waals surface area contributed by atoms with E-state index in [0.717, 1.165) is 51.0 Å². The Morgan fingerprint density at radius 2 is 2.26 bits per heavy atom. The monoisotopic (exact) mass is 317 g/mol. The van der Waals surface area contributed by atoms with Gasteiger partial charge in [-0.15, -0.1) is 10.2 Å². The summed E-state index contributed by atoms with van der Waals surface area (Å²) < 4.78 is 11.3. The van der Waals surface area contributed by atoms with Gasteiger partial charge in [0.15, 0.2) is 0 Å². The third kappa shape index (κ3) is 2.92. The Hall–Kier alpha value is -1.69. The lowest BCUT2D eigenvalue weighted by Gasteiger charge is -2.31. The van der Waals surface area contributed by atoms with Gasteiger partial charge in [0, 0.05) is 37.9 Å². The second-order valence-corrected chi connectivity index (χ2v) is 6.97. The SMILES string of the molecule is Cc1nnc(C[C@@H]2COC[C@H]3CN(C(=O)C4=CCCC4)C[C@@H]23)o1. The summed E-state index contributed by atoms with van der Waals surface area (Å²) in [5, 5.41) is 8.01. The van der Waals surface area contributed by atoms with Crippen molar-refractivity contribution in [3.05, 3.63) is 23.4 Å². The Labute approximate surface area is 135 Å². The van der Waals surface area contributed by atoms with Crippen LogP contribution in [0.2, 0.25) is 0 Å². The van der Waals surface area contributed by atoms with Gasteiger partial charge in [-0.05, 0) is 31.1 Å². The van der Waals surface area contributed by atoms with Crippen LogP contribution in [0.3, 0.4) is 0 Å². The molecule has 2 aliphatic heterocycles. The molecule has 1 amide bonds. The minimum atomic E-state index is 0.240. The van der Waals surface area contributed by atoms with Gasteiger partial charge in [-0.2, -0.15) is 0 Å². The fourth-order valence-corrected chi connectivity index (χ4v) is 4.19. The second kappa shape index (κ2) is 6.07. The molecule has 6 heteroatoms. The third-order valence-electron chi connectivity index (χ3n) is 5.37. The van der Waals surface area contributed by atoms with Crippen LogP contribution < -0.4 is 0 Å². The molecule has 1 aliphatic carbocycles. The molecule has 1 aromatic rings. The fraction of sp³-hybridized carbons (Fsp3) is 0.706. The highest BCUT2D eigenvalue weighted by Crippen LogP contribution is 2.36. The van der Waals surface area contributed by atoms with Crippen molar-refractivity contribution in [2.45, 2.75) is 32.6 Å². The molecule has 3 aliphatic rings. The minimum Gasteiger partial charge on any atom is -0.426 e. The second-order valence-electron chi connectivity index (χ2n) is 6.97. The maximum absolute atomic E-state index is 12.6. The smallest absolute Gasteiger partial charge is 0.249 e. The van der Waals surface area contributed by atoms with Crippen molar-refractivity contribution in [2.24, 2.45) is 17.8 Å². The van der Waals surface area contributed by atoms with Crippen molar-refractivity contribution in [1.82, 2.24) is 15.1 Å². The van der Waals surface area contributed by atoms with E-state index in [1.54, 1.807) is 0 Å². The van der Waals surface area contributed by atoms with E-state index in [1.807, 2.05) is 11.8 Å². The molecule has 0 bridgehead atoms. The van der Waals surface area contributed by atoms with E-state index in [2.05, 4.69) is 16.3 Å². The summed E-state index contributed by atoms with van der Waals surface area (Å²) in [6.07, 6.45) is 5.95. The van der Waals surface area contributed by atoms with Crippen LogP contribution in [0.1, 0.15) is 31.0 Å². The van der Waals surface area contributed by atoms with Crippen molar-refractivity contribution in [3.8, 4) is 0 Å². The average molecular weight is 317 g/mol. The molecule has 0 aromatic carbocycles. The van der Waals surface area contributed by atoms with Gasteiger partial charge in [-0.3, -0.25) is 4.79 Å². The number of hydrogen-bond donors (Lipinski definition) is 0. The lowest BCUT2D eigenvalue weighted by molar-refractivity contribution is -0.126. The summed E-state index contributed by atoms with van der Waals surface area (Å²) in [4.78, 5) is 14.7. The predicted molar refractivity (Wildman–Crippen MR) is 82.5 cm³/mol. The fourth-order valence-electron chi connectivity index (χ4n) is 4.19. The number of nitrogens with zero attached hydrogens (tertiary/aromatic N) is 3. The van der Waals surface area contributed by atoms with E-state index < -0.39 is 0 Å². The molecular weight excluding hydrogens is 294 g/mol. The zero-order valence-corrected chi connectivity index (χ0v) is 13.5. The van der Waals surface area contributed by atoms with Crippen LogP contribution in [0.25, 0.3) is 0 Å². The number of amides is 1. The highest BCUT2D eigenvalue weighted by molar-refractivity contribution is 5.94. The quantitative estimate of drug-likeness (QED) is 0.849. The van der Waals surface area contributed by atoms with Gasteiger partial charge in [0.2, 0.25) is 17.7 Å². The minimum absolute atomic E-state index is 0.240. The van der Waals surface area contributed by atoms with Crippen LogP contribution in [0.15, 0.2) is 16.1 Å². The summed E-state index contributed by atoms with van der Waals surface area (Å²) in [6.45, 7) is 4.93. The molecule has 3 heterocycles. The summed E-state index contributed by atoms with van der Waals surface area (Å²) in [6, 6.07) is 0. The van der Waals surface area contributed by atoms with Crippen molar-refractivity contribution in [2.75, 3.05) is 26.3 Å². The summed E-state index contributed by atoms with van der Waals surface area (Å²) in [7, 11) is 0. The number of hydrogen-bond acceptors (Lipinski definition) is 5. The number of ether oxygens (including phenoxy) is 1. The summed E-state index contributed by atoms with van der Waals surface area (Å²) in [5.74, 6) is 2.78. The topological polar surface area (TPSA) is 68.5 Å². The normalized spacial score (nSPS) is 30.4. The van der Waals surface area contributed by atoms with Gasteiger partial charge in [-0.1, -0.05) is 6.08 Å². The largest absolute Gasteiger partial charge is 0.426 e. The number of rotatable bonds is 3. The highest BCUT2D eigenvalue weighted by atomic mass is 16.5. The van der Waals surface area contributed by atoms with Gasteiger partial charge in [0.25, 0.3) is 0 Å². The number of fused-ring (bicyclic) bond motifs is 1. The first kappa shape index (κ1) is 14.9. The van der Waals surface area contributed by atoms with Crippen LogP contribution in [0.5, 0.6) is 0 Å². The number of aryl methyl sites for hydroxylation is 1. The Morgan fingerprint density at radius 1 is 1.35 bits per heavy atom. The van der Waals surface area contributed by atoms with Gasteiger partial charge in [0.1, 0.15) is 0 Å². The molecule has 0 N–H and O–H groups in total. The molecule has 0 saturated carbocycles. The highest BCUT2D eigenvalue weighted by Gasteiger charge is 2.43. The van der Waals surface area contributed by atoms with Crippen LogP contribution in [0, 0.1) is 24.7 Å². The number of likely N-dealkylation sites (tertiary alicyclic amines) is 1. The molecule has 124 valence electrons. The first-order valence-corrected chi connectivity index (χ1v) is 8.55. The van der Waals surface area contributed by atoms with Gasteiger partial charge in [-0.25, -0.2) is 0 Å². The van der Waals surface area contributed by atoms with Crippen molar-refractivity contribution >= 4 is 5.91 Å². The zero-order chi connectivity index (χ0) is 15.8. The first-order chi connectivity index (χ1) is 11.2. The lowest BCUT2D eigenvalue weighted by atomic mass is 9.81. The van der Waals surface area contributed by atoms with Crippen LogP contribution in [-0.2, 0) is 16.0 Å². The summed E-state index contributed by atoms with van der Waals surface area (Å²) >= 11 is 0. The Kier molecular flexibility index (Phi) is 3.93. The molecule has 0 radical (unpaired) electrons. The van der Waals surface area contributed by atoms with E-state index in [9.17, 15) is 4.79 Å². The van der Waals surface area contributed by atoms with E-state index >= 15 is 0 Å². The maximum atomic E-state index is 12.6. The average Bonchev–Trinajstić information content (AvgIpc) is 3.26. The lowest BCUT2D eigenvalue weighted by Crippen LogP contribution is -2.36. The standard InChI is InChI=1S/C17H23N3O3/c1-11-18-19-16(23-11)6-13-9-22-10-14-7-20(8-15(13)14)17(21)12-4-2-3-5-12/h4,13-15H,2-3,5-10H2,1H3/t13-,14-,15+/m1/s1. The molecule has 4 rings (SSSR count). The van der Waals surface area contributed by atoms with Crippen LogP contribution in [-0.4, -0.2) is 47.3 Å². The third-order valence-corrected chi connectivity index (χ3v) is 5.37. The van der Waals surface area contributed by atoms with Crippen molar-refractivity contribution in [3.63, 3.8) is 0 Å². The molecule has 0 unspecified atom stereocenters. The number of carbonyl (C=O) groups is 1. The molecule has 23 heavy (non-hydrogen) atoms. The van der Waals surface area contributed by atoms with E-state index in [4.69, 9.17) is 9.15 Å².